The molecule has 1 saturated carbocycles. The molecule has 1 aromatic heterocycles. The van der Waals surface area contributed by atoms with E-state index in [2.05, 4.69) is 11.9 Å². The summed E-state index contributed by atoms with van der Waals surface area (Å²) in [7, 11) is 0. The summed E-state index contributed by atoms with van der Waals surface area (Å²) in [5.41, 5.74) is 1.19. The van der Waals surface area contributed by atoms with Crippen molar-refractivity contribution in [2.45, 2.75) is 30.0 Å². The van der Waals surface area contributed by atoms with E-state index in [1.807, 2.05) is 17.8 Å². The fourth-order valence-electron chi connectivity index (χ4n) is 0.995. The van der Waals surface area contributed by atoms with Crippen LogP contribution < -0.4 is 0 Å². The van der Waals surface area contributed by atoms with Gasteiger partial charge in [0.05, 0.1) is 10.0 Å². The zero-order valence-electron chi connectivity index (χ0n) is 6.88. The summed E-state index contributed by atoms with van der Waals surface area (Å²) in [6, 6.07) is 1.97. The maximum Gasteiger partial charge on any atom is 0.0992 e. The zero-order chi connectivity index (χ0) is 8.55. The standard InChI is InChI=1S/C9H10ClNS/c1-6-4-7(10)5-11-9(6)12-8-2-3-8/h4-5,8H,2-3H2,1H3. The topological polar surface area (TPSA) is 12.9 Å². The van der Waals surface area contributed by atoms with Crippen LogP contribution in [0.25, 0.3) is 0 Å². The second kappa shape index (κ2) is 3.27. The third-order valence-electron chi connectivity index (χ3n) is 1.80. The second-order valence-corrected chi connectivity index (χ2v) is 4.82. The van der Waals surface area contributed by atoms with Crippen molar-refractivity contribution >= 4 is 23.4 Å². The predicted octanol–water partition coefficient (Wildman–Crippen LogP) is 3.30. The molecule has 0 spiro atoms. The molecule has 1 aliphatic rings. The van der Waals surface area contributed by atoms with Crippen molar-refractivity contribution in [2.24, 2.45) is 0 Å². The number of hydrogen-bond acceptors (Lipinski definition) is 2. The first-order valence-electron chi connectivity index (χ1n) is 4.04. The van der Waals surface area contributed by atoms with Crippen LogP contribution in [-0.4, -0.2) is 10.2 Å². The number of pyridine rings is 1. The number of hydrogen-bond donors (Lipinski definition) is 0. The summed E-state index contributed by atoms with van der Waals surface area (Å²) < 4.78 is 0. The Labute approximate surface area is 81.5 Å². The Morgan fingerprint density at radius 3 is 2.92 bits per heavy atom. The van der Waals surface area contributed by atoms with Gasteiger partial charge in [0.2, 0.25) is 0 Å². The molecule has 12 heavy (non-hydrogen) atoms. The van der Waals surface area contributed by atoms with Gasteiger partial charge in [0.1, 0.15) is 0 Å². The number of nitrogens with zero attached hydrogens (tertiary/aromatic N) is 1. The average molecular weight is 200 g/mol. The monoisotopic (exact) mass is 199 g/mol. The van der Waals surface area contributed by atoms with Gasteiger partial charge in [0.15, 0.2) is 0 Å². The van der Waals surface area contributed by atoms with Crippen LogP contribution in [0.1, 0.15) is 18.4 Å². The maximum absolute atomic E-state index is 5.80. The van der Waals surface area contributed by atoms with Crippen molar-refractivity contribution in [1.29, 1.82) is 0 Å². The van der Waals surface area contributed by atoms with Crippen LogP contribution in [0.4, 0.5) is 0 Å². The highest BCUT2D eigenvalue weighted by molar-refractivity contribution is 8.00. The lowest BCUT2D eigenvalue weighted by atomic mass is 10.3. The van der Waals surface area contributed by atoms with Gasteiger partial charge in [0.25, 0.3) is 0 Å². The quantitative estimate of drug-likeness (QED) is 0.725. The fraction of sp³-hybridized carbons (Fsp3) is 0.444. The largest absolute Gasteiger partial charge is 0.248 e. The fourth-order valence-corrected chi connectivity index (χ4v) is 2.25. The van der Waals surface area contributed by atoms with Gasteiger partial charge in [-0.3, -0.25) is 0 Å². The second-order valence-electron chi connectivity index (χ2n) is 3.09. The number of aromatic nitrogens is 1. The number of halogens is 1. The summed E-state index contributed by atoms with van der Waals surface area (Å²) in [6.07, 6.45) is 4.40. The predicted molar refractivity (Wildman–Crippen MR) is 52.9 cm³/mol. The molecule has 1 aromatic rings. The van der Waals surface area contributed by atoms with Gasteiger partial charge in [0, 0.05) is 11.4 Å². The van der Waals surface area contributed by atoms with E-state index in [0.29, 0.717) is 0 Å². The van der Waals surface area contributed by atoms with Crippen LogP contribution in [0.2, 0.25) is 5.02 Å². The maximum atomic E-state index is 5.80. The molecule has 64 valence electrons. The summed E-state index contributed by atoms with van der Waals surface area (Å²) in [5, 5.41) is 2.69. The molecule has 0 bridgehead atoms. The van der Waals surface area contributed by atoms with E-state index in [0.717, 1.165) is 15.3 Å². The molecule has 0 atom stereocenters. The normalized spacial score (nSPS) is 16.5. The van der Waals surface area contributed by atoms with Crippen LogP contribution in [0.15, 0.2) is 17.3 Å². The van der Waals surface area contributed by atoms with Gasteiger partial charge in [-0.05, 0) is 31.4 Å². The Morgan fingerprint density at radius 1 is 1.58 bits per heavy atom. The Morgan fingerprint density at radius 2 is 2.33 bits per heavy atom. The molecule has 0 radical (unpaired) electrons. The molecule has 0 aromatic carbocycles. The first-order chi connectivity index (χ1) is 5.75. The minimum atomic E-state index is 0.729. The van der Waals surface area contributed by atoms with E-state index in [1.54, 1.807) is 6.20 Å². The van der Waals surface area contributed by atoms with E-state index in [1.165, 1.54) is 18.4 Å². The molecule has 0 N–H and O–H groups in total. The Kier molecular flexibility index (Phi) is 2.28. The third-order valence-corrected chi connectivity index (χ3v) is 3.46. The third kappa shape index (κ3) is 1.93. The van der Waals surface area contributed by atoms with Gasteiger partial charge in [-0.15, -0.1) is 11.8 Å². The molecule has 3 heteroatoms. The Hall–Kier alpha value is -0.210. The molecule has 1 aliphatic carbocycles. The van der Waals surface area contributed by atoms with Crippen molar-refractivity contribution in [2.75, 3.05) is 0 Å². The average Bonchev–Trinajstić information content (AvgIpc) is 2.79. The van der Waals surface area contributed by atoms with Crippen LogP contribution in [0.3, 0.4) is 0 Å². The van der Waals surface area contributed by atoms with E-state index >= 15 is 0 Å². The van der Waals surface area contributed by atoms with E-state index in [-0.39, 0.29) is 0 Å². The van der Waals surface area contributed by atoms with Gasteiger partial charge in [-0.1, -0.05) is 11.6 Å². The first-order valence-corrected chi connectivity index (χ1v) is 5.30. The molecular weight excluding hydrogens is 190 g/mol. The number of rotatable bonds is 2. The molecule has 1 nitrogen and oxygen atoms in total. The molecule has 0 saturated heterocycles. The SMILES string of the molecule is Cc1cc(Cl)cnc1SC1CC1. The molecule has 0 amide bonds. The van der Waals surface area contributed by atoms with Gasteiger partial charge < -0.3 is 0 Å². The molecule has 1 fully saturated rings. The lowest BCUT2D eigenvalue weighted by Crippen LogP contribution is -1.86. The van der Waals surface area contributed by atoms with Crippen molar-refractivity contribution in [3.63, 3.8) is 0 Å². The first kappa shape index (κ1) is 8.39. The lowest BCUT2D eigenvalue weighted by Gasteiger charge is -2.02. The number of thioether (sulfide) groups is 1. The highest BCUT2D eigenvalue weighted by Gasteiger charge is 2.23. The highest BCUT2D eigenvalue weighted by Crippen LogP contribution is 2.39. The van der Waals surface area contributed by atoms with Crippen molar-refractivity contribution in [1.82, 2.24) is 4.98 Å². The van der Waals surface area contributed by atoms with Crippen molar-refractivity contribution < 1.29 is 0 Å². The molecule has 0 unspecified atom stereocenters. The molecular formula is C9H10ClNS. The Balaban J connectivity index is 2.18. The van der Waals surface area contributed by atoms with Gasteiger partial charge in [-0.2, -0.15) is 0 Å². The van der Waals surface area contributed by atoms with Crippen LogP contribution in [0, 0.1) is 6.92 Å². The van der Waals surface area contributed by atoms with Crippen LogP contribution in [0.5, 0.6) is 0 Å². The lowest BCUT2D eigenvalue weighted by molar-refractivity contribution is 1.08. The van der Waals surface area contributed by atoms with E-state index in [4.69, 9.17) is 11.6 Å². The van der Waals surface area contributed by atoms with Gasteiger partial charge in [-0.25, -0.2) is 4.98 Å². The van der Waals surface area contributed by atoms with Crippen molar-refractivity contribution in [3.05, 3.63) is 22.8 Å². The van der Waals surface area contributed by atoms with E-state index < -0.39 is 0 Å². The zero-order valence-corrected chi connectivity index (χ0v) is 8.45. The molecule has 2 rings (SSSR count). The molecule has 1 heterocycles. The minimum Gasteiger partial charge on any atom is -0.248 e. The highest BCUT2D eigenvalue weighted by atomic mass is 35.5. The van der Waals surface area contributed by atoms with E-state index in [9.17, 15) is 0 Å². The summed E-state index contributed by atoms with van der Waals surface area (Å²) in [4.78, 5) is 4.29. The minimum absolute atomic E-state index is 0.729. The van der Waals surface area contributed by atoms with Crippen LogP contribution in [-0.2, 0) is 0 Å². The number of aryl methyl sites for hydroxylation is 1. The summed E-state index contributed by atoms with van der Waals surface area (Å²) in [6.45, 7) is 2.06. The van der Waals surface area contributed by atoms with Crippen molar-refractivity contribution in [3.8, 4) is 0 Å². The van der Waals surface area contributed by atoms with Gasteiger partial charge >= 0.3 is 0 Å². The summed E-state index contributed by atoms with van der Waals surface area (Å²) >= 11 is 7.67. The van der Waals surface area contributed by atoms with Crippen LogP contribution >= 0.6 is 23.4 Å². The molecule has 0 aliphatic heterocycles. The summed E-state index contributed by atoms with van der Waals surface area (Å²) in [5.74, 6) is 0. The smallest absolute Gasteiger partial charge is 0.0992 e. The Bertz CT molecular complexity index is 297.